The van der Waals surface area contributed by atoms with Gasteiger partial charge in [0.2, 0.25) is 5.91 Å². The molecule has 0 radical (unpaired) electrons. The number of benzene rings is 1. The fourth-order valence-corrected chi connectivity index (χ4v) is 2.94. The van der Waals surface area contributed by atoms with Crippen molar-refractivity contribution in [1.82, 2.24) is 10.2 Å². The van der Waals surface area contributed by atoms with E-state index in [1.807, 2.05) is 0 Å². The molecule has 0 unspecified atom stereocenters. The van der Waals surface area contributed by atoms with Gasteiger partial charge in [-0.25, -0.2) is 0 Å². The zero-order chi connectivity index (χ0) is 15.4. The van der Waals surface area contributed by atoms with Gasteiger partial charge >= 0.3 is 0 Å². The SMILES string of the molecule is NC(=O)CN(C(=O)c1ccc(Cl)c(Br)c1)C1CCNCC1. The number of piperidine rings is 1. The highest BCUT2D eigenvalue weighted by Crippen LogP contribution is 2.25. The van der Waals surface area contributed by atoms with Crippen LogP contribution >= 0.6 is 27.5 Å². The molecule has 2 rings (SSSR count). The molecule has 1 saturated heterocycles. The van der Waals surface area contributed by atoms with Gasteiger partial charge < -0.3 is 16.0 Å². The maximum atomic E-state index is 12.7. The van der Waals surface area contributed by atoms with E-state index in [-0.39, 0.29) is 18.5 Å². The fraction of sp³-hybridized carbons (Fsp3) is 0.429. The minimum atomic E-state index is -0.505. The third-order valence-corrected chi connectivity index (χ3v) is 4.72. The van der Waals surface area contributed by atoms with Gasteiger partial charge in [-0.3, -0.25) is 9.59 Å². The fourth-order valence-electron chi connectivity index (χ4n) is 2.45. The normalized spacial score (nSPS) is 15.7. The smallest absolute Gasteiger partial charge is 0.254 e. The zero-order valence-electron chi connectivity index (χ0n) is 11.4. The number of nitrogens with zero attached hydrogens (tertiary/aromatic N) is 1. The lowest BCUT2D eigenvalue weighted by atomic mass is 10.0. The maximum Gasteiger partial charge on any atom is 0.254 e. The lowest BCUT2D eigenvalue weighted by Gasteiger charge is -2.34. The van der Waals surface area contributed by atoms with Crippen molar-refractivity contribution in [2.45, 2.75) is 18.9 Å². The van der Waals surface area contributed by atoms with Crippen LogP contribution in [0.3, 0.4) is 0 Å². The highest BCUT2D eigenvalue weighted by molar-refractivity contribution is 9.10. The minimum Gasteiger partial charge on any atom is -0.368 e. The van der Waals surface area contributed by atoms with Crippen LogP contribution in [0.1, 0.15) is 23.2 Å². The van der Waals surface area contributed by atoms with Crippen molar-refractivity contribution >= 4 is 39.3 Å². The van der Waals surface area contributed by atoms with Crippen LogP contribution in [-0.4, -0.2) is 42.4 Å². The second kappa shape index (κ2) is 7.24. The first-order valence-corrected chi connectivity index (χ1v) is 7.91. The summed E-state index contributed by atoms with van der Waals surface area (Å²) in [5, 5.41) is 3.78. The van der Waals surface area contributed by atoms with E-state index < -0.39 is 5.91 Å². The van der Waals surface area contributed by atoms with Gasteiger partial charge in [0, 0.05) is 16.1 Å². The number of halogens is 2. The molecule has 0 aliphatic carbocycles. The number of carbonyl (C=O) groups excluding carboxylic acids is 2. The molecule has 1 aliphatic heterocycles. The molecule has 1 aliphatic rings. The first-order valence-electron chi connectivity index (χ1n) is 6.74. The van der Waals surface area contributed by atoms with Crippen molar-refractivity contribution in [2.75, 3.05) is 19.6 Å². The van der Waals surface area contributed by atoms with Crippen molar-refractivity contribution < 1.29 is 9.59 Å². The average molecular weight is 375 g/mol. The summed E-state index contributed by atoms with van der Waals surface area (Å²) in [5.74, 6) is -0.701. The van der Waals surface area contributed by atoms with E-state index in [2.05, 4.69) is 21.2 Å². The molecular formula is C14H17BrClN3O2. The molecule has 21 heavy (non-hydrogen) atoms. The van der Waals surface area contributed by atoms with Crippen LogP contribution in [0.2, 0.25) is 5.02 Å². The number of nitrogens with one attached hydrogen (secondary N) is 1. The van der Waals surface area contributed by atoms with E-state index in [1.165, 1.54) is 0 Å². The molecule has 1 heterocycles. The van der Waals surface area contributed by atoms with Gasteiger partial charge in [-0.05, 0) is 60.1 Å². The Kier molecular flexibility index (Phi) is 5.61. The monoisotopic (exact) mass is 373 g/mol. The Morgan fingerprint density at radius 3 is 2.62 bits per heavy atom. The number of primary amides is 1. The second-order valence-corrected chi connectivity index (χ2v) is 6.27. The summed E-state index contributed by atoms with van der Waals surface area (Å²) in [6.45, 7) is 1.60. The van der Waals surface area contributed by atoms with E-state index in [0.717, 1.165) is 25.9 Å². The Labute approximate surface area is 136 Å². The standard InChI is InChI=1S/C14H17BrClN3O2/c15-11-7-9(1-2-12(11)16)14(21)19(8-13(17)20)10-3-5-18-6-4-10/h1-2,7,10,18H,3-6,8H2,(H2,17,20). The molecule has 3 N–H and O–H groups in total. The Bertz CT molecular complexity index is 547. The van der Waals surface area contributed by atoms with Gasteiger partial charge in [0.15, 0.2) is 0 Å². The Hall–Kier alpha value is -1.11. The number of carbonyl (C=O) groups is 2. The second-order valence-electron chi connectivity index (χ2n) is 5.01. The molecular weight excluding hydrogens is 358 g/mol. The molecule has 7 heteroatoms. The lowest BCUT2D eigenvalue weighted by molar-refractivity contribution is -0.119. The molecule has 1 aromatic rings. The molecule has 0 aromatic heterocycles. The molecule has 2 amide bonds. The van der Waals surface area contributed by atoms with Gasteiger partial charge in [-0.1, -0.05) is 11.6 Å². The quantitative estimate of drug-likeness (QED) is 0.843. The summed E-state index contributed by atoms with van der Waals surface area (Å²) in [5.41, 5.74) is 5.78. The van der Waals surface area contributed by atoms with Crippen molar-refractivity contribution in [1.29, 1.82) is 0 Å². The van der Waals surface area contributed by atoms with Crippen LogP contribution < -0.4 is 11.1 Å². The zero-order valence-corrected chi connectivity index (χ0v) is 13.8. The summed E-state index contributed by atoms with van der Waals surface area (Å²) < 4.78 is 0.652. The highest BCUT2D eigenvalue weighted by Gasteiger charge is 2.27. The largest absolute Gasteiger partial charge is 0.368 e. The van der Waals surface area contributed by atoms with Crippen LogP contribution in [0, 0.1) is 0 Å². The van der Waals surface area contributed by atoms with Crippen molar-refractivity contribution in [3.63, 3.8) is 0 Å². The van der Waals surface area contributed by atoms with Gasteiger partial charge in [0.1, 0.15) is 0 Å². The van der Waals surface area contributed by atoms with Crippen molar-refractivity contribution in [2.24, 2.45) is 5.73 Å². The van der Waals surface area contributed by atoms with E-state index in [0.29, 0.717) is 15.1 Å². The Morgan fingerprint density at radius 1 is 1.38 bits per heavy atom. The molecule has 1 aromatic carbocycles. The third-order valence-electron chi connectivity index (χ3n) is 3.50. The van der Waals surface area contributed by atoms with Gasteiger partial charge in [-0.2, -0.15) is 0 Å². The van der Waals surface area contributed by atoms with Crippen LogP contribution in [-0.2, 0) is 4.79 Å². The molecule has 0 bridgehead atoms. The first kappa shape index (κ1) is 16.3. The van der Waals surface area contributed by atoms with E-state index >= 15 is 0 Å². The number of amides is 2. The van der Waals surface area contributed by atoms with E-state index in [4.69, 9.17) is 17.3 Å². The topological polar surface area (TPSA) is 75.4 Å². The molecule has 5 nitrogen and oxygen atoms in total. The van der Waals surface area contributed by atoms with Gasteiger partial charge in [-0.15, -0.1) is 0 Å². The maximum absolute atomic E-state index is 12.7. The summed E-state index contributed by atoms with van der Waals surface area (Å²) in [7, 11) is 0. The number of hydrogen-bond acceptors (Lipinski definition) is 3. The van der Waals surface area contributed by atoms with Crippen LogP contribution in [0.5, 0.6) is 0 Å². The number of nitrogens with two attached hydrogens (primary N) is 1. The Morgan fingerprint density at radius 2 is 2.05 bits per heavy atom. The number of hydrogen-bond donors (Lipinski definition) is 2. The number of rotatable bonds is 4. The summed E-state index contributed by atoms with van der Waals surface area (Å²) >= 11 is 9.25. The van der Waals surface area contributed by atoms with Crippen LogP contribution in [0.25, 0.3) is 0 Å². The summed E-state index contributed by atoms with van der Waals surface area (Å²) in [6, 6.07) is 5.01. The molecule has 114 valence electrons. The molecule has 0 spiro atoms. The minimum absolute atomic E-state index is 0.0284. The first-order chi connectivity index (χ1) is 9.99. The lowest BCUT2D eigenvalue weighted by Crippen LogP contribution is -2.49. The highest BCUT2D eigenvalue weighted by atomic mass is 79.9. The molecule has 0 saturated carbocycles. The van der Waals surface area contributed by atoms with E-state index in [1.54, 1.807) is 23.1 Å². The molecule has 0 atom stereocenters. The predicted molar refractivity (Wildman–Crippen MR) is 85.3 cm³/mol. The van der Waals surface area contributed by atoms with Crippen LogP contribution in [0.4, 0.5) is 0 Å². The summed E-state index contributed by atoms with van der Waals surface area (Å²) in [6.07, 6.45) is 1.63. The van der Waals surface area contributed by atoms with Crippen molar-refractivity contribution in [3.05, 3.63) is 33.3 Å². The molecule has 1 fully saturated rings. The van der Waals surface area contributed by atoms with Gasteiger partial charge in [0.25, 0.3) is 5.91 Å². The van der Waals surface area contributed by atoms with Crippen LogP contribution in [0.15, 0.2) is 22.7 Å². The summed E-state index contributed by atoms with van der Waals surface area (Å²) in [4.78, 5) is 25.5. The van der Waals surface area contributed by atoms with Crippen molar-refractivity contribution in [3.8, 4) is 0 Å². The average Bonchev–Trinajstić information content (AvgIpc) is 2.47. The van der Waals surface area contributed by atoms with E-state index in [9.17, 15) is 9.59 Å². The van der Waals surface area contributed by atoms with Gasteiger partial charge in [0.05, 0.1) is 11.6 Å². The Balaban J connectivity index is 2.23. The third kappa shape index (κ3) is 4.18. The predicted octanol–water partition coefficient (Wildman–Crippen LogP) is 1.78.